The predicted octanol–water partition coefficient (Wildman–Crippen LogP) is 0.741. The second-order valence-electron chi connectivity index (χ2n) is 4.55. The minimum absolute atomic E-state index is 0.292. The fourth-order valence-electron chi connectivity index (χ4n) is 1.97. The average Bonchev–Trinajstić information content (AvgIpc) is 2.48. The van der Waals surface area contributed by atoms with Gasteiger partial charge in [-0.05, 0) is 12.1 Å². The van der Waals surface area contributed by atoms with Crippen molar-refractivity contribution in [3.8, 4) is 0 Å². The van der Waals surface area contributed by atoms with E-state index in [0.29, 0.717) is 57.6 Å². The monoisotopic (exact) mass is 315 g/mol. The molecule has 2 rings (SSSR count). The highest BCUT2D eigenvalue weighted by Crippen LogP contribution is 2.14. The number of hydrogen-bond acceptors (Lipinski definition) is 5. The minimum Gasteiger partial charge on any atom is -0.378 e. The van der Waals surface area contributed by atoms with Crippen LogP contribution < -0.4 is 0 Å². The van der Waals surface area contributed by atoms with Crippen LogP contribution >= 0.6 is 0 Å². The smallest absolute Gasteiger partial charge is 0.243 e. The molecule has 0 saturated carbocycles. The summed E-state index contributed by atoms with van der Waals surface area (Å²) in [4.78, 5) is 0.292. The largest absolute Gasteiger partial charge is 0.378 e. The lowest BCUT2D eigenvalue weighted by Crippen LogP contribution is -2.37. The van der Waals surface area contributed by atoms with Crippen molar-refractivity contribution in [1.29, 1.82) is 0 Å². The maximum atomic E-state index is 12.6. The zero-order valence-electron chi connectivity index (χ0n) is 11.9. The molecule has 1 aliphatic rings. The summed E-state index contributed by atoms with van der Waals surface area (Å²) in [6, 6.07) is 8.42. The SMILES string of the molecule is O=S(=O)(c1ccccc1)N1CCOCCOCCOCC1. The van der Waals surface area contributed by atoms with E-state index >= 15 is 0 Å². The van der Waals surface area contributed by atoms with E-state index in [1.165, 1.54) is 4.31 Å². The first-order chi connectivity index (χ1) is 10.2. The van der Waals surface area contributed by atoms with E-state index in [9.17, 15) is 8.42 Å². The fraction of sp³-hybridized carbons (Fsp3) is 0.571. The molecule has 1 saturated heterocycles. The van der Waals surface area contributed by atoms with Crippen molar-refractivity contribution in [2.45, 2.75) is 4.90 Å². The van der Waals surface area contributed by atoms with Gasteiger partial charge in [0, 0.05) is 13.1 Å². The Morgan fingerprint density at radius 3 is 1.76 bits per heavy atom. The summed E-state index contributed by atoms with van der Waals surface area (Å²) in [6.45, 7) is 3.20. The average molecular weight is 315 g/mol. The summed E-state index contributed by atoms with van der Waals surface area (Å²) in [7, 11) is -3.51. The van der Waals surface area contributed by atoms with Crippen LogP contribution in [0, 0.1) is 0 Å². The molecule has 0 amide bonds. The summed E-state index contributed by atoms with van der Waals surface area (Å²) in [5.74, 6) is 0. The standard InChI is InChI=1S/C14H21NO5S/c16-21(17,14-4-2-1-3-5-14)15-6-8-18-10-12-20-13-11-19-9-7-15/h1-5H,6-13H2. The van der Waals surface area contributed by atoms with Gasteiger partial charge in [0.1, 0.15) is 0 Å². The van der Waals surface area contributed by atoms with Gasteiger partial charge in [-0.2, -0.15) is 4.31 Å². The lowest BCUT2D eigenvalue weighted by molar-refractivity contribution is 0.00270. The summed E-state index contributed by atoms with van der Waals surface area (Å²) >= 11 is 0. The molecule has 6 nitrogen and oxygen atoms in total. The van der Waals surface area contributed by atoms with Gasteiger partial charge in [0.2, 0.25) is 10.0 Å². The molecule has 1 aromatic carbocycles. The van der Waals surface area contributed by atoms with E-state index in [-0.39, 0.29) is 0 Å². The number of sulfonamides is 1. The van der Waals surface area contributed by atoms with Gasteiger partial charge in [0.15, 0.2) is 0 Å². The van der Waals surface area contributed by atoms with E-state index in [0.717, 1.165) is 0 Å². The van der Waals surface area contributed by atoms with Crippen LogP contribution in [-0.4, -0.2) is 65.5 Å². The molecule has 0 radical (unpaired) electrons. The first kappa shape index (κ1) is 16.4. The topological polar surface area (TPSA) is 65.1 Å². The Bertz CT molecular complexity index is 493. The van der Waals surface area contributed by atoms with Gasteiger partial charge in [-0.1, -0.05) is 18.2 Å². The van der Waals surface area contributed by atoms with Crippen molar-refractivity contribution < 1.29 is 22.6 Å². The molecule has 0 N–H and O–H groups in total. The van der Waals surface area contributed by atoms with Gasteiger partial charge in [-0.25, -0.2) is 8.42 Å². The third-order valence-electron chi connectivity index (χ3n) is 3.10. The molecule has 0 atom stereocenters. The lowest BCUT2D eigenvalue weighted by Gasteiger charge is -2.22. The normalized spacial score (nSPS) is 20.4. The molecule has 0 unspecified atom stereocenters. The van der Waals surface area contributed by atoms with Gasteiger partial charge in [0.05, 0.1) is 44.5 Å². The molecule has 1 heterocycles. The zero-order chi connectivity index (χ0) is 15.0. The first-order valence-corrected chi connectivity index (χ1v) is 8.44. The Hall–Kier alpha value is -0.990. The summed E-state index contributed by atoms with van der Waals surface area (Å²) < 4.78 is 42.7. The van der Waals surface area contributed by atoms with Crippen molar-refractivity contribution in [2.75, 3.05) is 52.7 Å². The van der Waals surface area contributed by atoms with Crippen LogP contribution in [0.2, 0.25) is 0 Å². The van der Waals surface area contributed by atoms with Crippen LogP contribution in [0.25, 0.3) is 0 Å². The van der Waals surface area contributed by atoms with E-state index in [1.54, 1.807) is 30.3 Å². The van der Waals surface area contributed by atoms with E-state index in [4.69, 9.17) is 14.2 Å². The molecular weight excluding hydrogens is 294 g/mol. The van der Waals surface area contributed by atoms with Crippen LogP contribution in [0.1, 0.15) is 0 Å². The number of hydrogen-bond donors (Lipinski definition) is 0. The number of ether oxygens (including phenoxy) is 3. The molecule has 0 aromatic heterocycles. The second-order valence-corrected chi connectivity index (χ2v) is 6.49. The highest BCUT2D eigenvalue weighted by Gasteiger charge is 2.23. The van der Waals surface area contributed by atoms with Gasteiger partial charge < -0.3 is 14.2 Å². The fourth-order valence-corrected chi connectivity index (χ4v) is 3.40. The summed E-state index contributed by atoms with van der Waals surface area (Å²) in [6.07, 6.45) is 0. The third kappa shape index (κ3) is 5.05. The molecule has 0 bridgehead atoms. The van der Waals surface area contributed by atoms with Gasteiger partial charge >= 0.3 is 0 Å². The highest BCUT2D eigenvalue weighted by molar-refractivity contribution is 7.89. The zero-order valence-corrected chi connectivity index (χ0v) is 12.8. The molecule has 0 spiro atoms. The third-order valence-corrected chi connectivity index (χ3v) is 5.01. The maximum Gasteiger partial charge on any atom is 0.243 e. The van der Waals surface area contributed by atoms with Crippen molar-refractivity contribution >= 4 is 10.0 Å². The van der Waals surface area contributed by atoms with Crippen molar-refractivity contribution in [1.82, 2.24) is 4.31 Å². The predicted molar refractivity (Wildman–Crippen MR) is 77.7 cm³/mol. The molecular formula is C14H21NO5S. The lowest BCUT2D eigenvalue weighted by atomic mass is 10.4. The Kier molecular flexibility index (Phi) is 6.59. The molecule has 1 aromatic rings. The van der Waals surface area contributed by atoms with Crippen molar-refractivity contribution in [3.05, 3.63) is 30.3 Å². The number of nitrogens with zero attached hydrogens (tertiary/aromatic N) is 1. The number of rotatable bonds is 2. The van der Waals surface area contributed by atoms with Crippen LogP contribution in [0.15, 0.2) is 35.2 Å². The van der Waals surface area contributed by atoms with Gasteiger partial charge in [-0.3, -0.25) is 0 Å². The quantitative estimate of drug-likeness (QED) is 0.805. The van der Waals surface area contributed by atoms with Gasteiger partial charge in [0.25, 0.3) is 0 Å². The Labute approximate surface area is 125 Å². The number of benzene rings is 1. The Morgan fingerprint density at radius 2 is 1.24 bits per heavy atom. The Morgan fingerprint density at radius 1 is 0.762 bits per heavy atom. The minimum atomic E-state index is -3.51. The maximum absolute atomic E-state index is 12.6. The van der Waals surface area contributed by atoms with E-state index in [1.807, 2.05) is 0 Å². The van der Waals surface area contributed by atoms with E-state index < -0.39 is 10.0 Å². The van der Waals surface area contributed by atoms with Crippen LogP contribution in [0.5, 0.6) is 0 Å². The molecule has 1 aliphatic heterocycles. The van der Waals surface area contributed by atoms with Crippen molar-refractivity contribution in [3.63, 3.8) is 0 Å². The molecule has 7 heteroatoms. The summed E-state index contributed by atoms with van der Waals surface area (Å²) in [5, 5.41) is 0. The second kappa shape index (κ2) is 8.45. The molecule has 0 aliphatic carbocycles. The van der Waals surface area contributed by atoms with E-state index in [2.05, 4.69) is 0 Å². The van der Waals surface area contributed by atoms with Crippen molar-refractivity contribution in [2.24, 2.45) is 0 Å². The first-order valence-electron chi connectivity index (χ1n) is 7.00. The molecule has 1 fully saturated rings. The van der Waals surface area contributed by atoms with Gasteiger partial charge in [-0.15, -0.1) is 0 Å². The molecule has 118 valence electrons. The summed E-state index contributed by atoms with van der Waals surface area (Å²) in [5.41, 5.74) is 0. The highest BCUT2D eigenvalue weighted by atomic mass is 32.2. The Balaban J connectivity index is 2.06. The van der Waals surface area contributed by atoms with Crippen LogP contribution in [0.4, 0.5) is 0 Å². The molecule has 21 heavy (non-hydrogen) atoms. The van der Waals surface area contributed by atoms with Crippen LogP contribution in [0.3, 0.4) is 0 Å². The van der Waals surface area contributed by atoms with Crippen LogP contribution in [-0.2, 0) is 24.2 Å².